The molecule has 65 heavy (non-hydrogen) atoms. The van der Waals surface area contributed by atoms with Crippen LogP contribution in [0.25, 0.3) is 83.2 Å². The van der Waals surface area contributed by atoms with Gasteiger partial charge in [0.05, 0.1) is 27.9 Å². The maximum atomic E-state index is 13.6. The molecule has 0 saturated carbocycles. The minimum atomic E-state index is -4.70. The average molecular weight is 1040 g/mol. The third-order valence-electron chi connectivity index (χ3n) is 11.6. The van der Waals surface area contributed by atoms with Crippen molar-refractivity contribution in [2.24, 2.45) is 5.41 Å². The molecule has 10 rings (SSSR count). The van der Waals surface area contributed by atoms with Gasteiger partial charge in [-0.15, -0.1) is 54.1 Å². The Hall–Kier alpha value is -6.34. The average Bonchev–Trinajstić information content (AvgIpc) is 3.90. The van der Waals surface area contributed by atoms with Gasteiger partial charge in [0.25, 0.3) is 0 Å². The molecular formula is C57H48F3IrN3O-2. The van der Waals surface area contributed by atoms with Crippen molar-refractivity contribution in [2.75, 3.05) is 0 Å². The standard InChI is InChI=1S/C32H23F3NO.C25H25N2.Ir/c1-31(2,32(33,34)35)19-20-10-12-21(13-11-20)23-16-17-36-28(18-23)27-9-5-8-25-26-15-14-22-6-3-4-7-24(22)29(26)37-30(25)27;1-17(2)20-13-10-14-21(18(3)4)24(20)27-23-16-9-8-15-22(23)26-25(27)19-11-6-5-7-12-19;/h3-8,10-18H,19H2,1-2H3;5-11,13-18H,1-4H3;/q2*-1;/i19D2;17D,18D;. The number of halogens is 3. The van der Waals surface area contributed by atoms with E-state index < -0.39 is 29.8 Å². The predicted molar refractivity (Wildman–Crippen MR) is 256 cm³/mol. The van der Waals surface area contributed by atoms with E-state index in [9.17, 15) is 13.2 Å². The van der Waals surface area contributed by atoms with Crippen molar-refractivity contribution in [3.05, 3.63) is 187 Å². The van der Waals surface area contributed by atoms with E-state index in [0.717, 1.165) is 91.3 Å². The van der Waals surface area contributed by atoms with Gasteiger partial charge in [-0.1, -0.05) is 150 Å². The molecular weight excluding hydrogens is 992 g/mol. The smallest absolute Gasteiger partial charge is 0.394 e. The molecule has 1 radical (unpaired) electrons. The van der Waals surface area contributed by atoms with Crippen LogP contribution in [-0.4, -0.2) is 20.7 Å². The monoisotopic (exact) mass is 1040 g/mol. The van der Waals surface area contributed by atoms with Gasteiger partial charge in [-0.3, -0.25) is 4.98 Å². The quantitative estimate of drug-likeness (QED) is 0.142. The Morgan fingerprint density at radius 1 is 0.692 bits per heavy atom. The summed E-state index contributed by atoms with van der Waals surface area (Å²) < 4.78 is 83.3. The van der Waals surface area contributed by atoms with Gasteiger partial charge in [0, 0.05) is 48.2 Å². The van der Waals surface area contributed by atoms with Crippen LogP contribution in [0.15, 0.2) is 162 Å². The molecule has 329 valence electrons. The maximum Gasteiger partial charge on any atom is 0.394 e. The molecule has 0 aliphatic carbocycles. The molecule has 0 aliphatic rings. The Morgan fingerprint density at radius 3 is 2.09 bits per heavy atom. The van der Waals surface area contributed by atoms with E-state index in [0.29, 0.717) is 16.8 Å². The minimum Gasteiger partial charge on any atom is -0.500 e. The Bertz CT molecular complexity index is 3450. The van der Waals surface area contributed by atoms with Crippen LogP contribution in [0.3, 0.4) is 0 Å². The molecule has 0 spiro atoms. The van der Waals surface area contributed by atoms with E-state index in [-0.39, 0.29) is 25.7 Å². The molecule has 7 aromatic carbocycles. The molecule has 0 bridgehead atoms. The minimum absolute atomic E-state index is 0. The Labute approximate surface area is 397 Å². The van der Waals surface area contributed by atoms with Crippen molar-refractivity contribution in [2.45, 2.75) is 65.9 Å². The van der Waals surface area contributed by atoms with Crippen LogP contribution >= 0.6 is 0 Å². The number of hydrogen-bond acceptors (Lipinski definition) is 3. The molecule has 0 saturated heterocycles. The van der Waals surface area contributed by atoms with E-state index >= 15 is 0 Å². The van der Waals surface area contributed by atoms with Crippen LogP contribution in [0.4, 0.5) is 13.2 Å². The molecule has 8 heteroatoms. The zero-order valence-electron chi connectivity index (χ0n) is 40.7. The van der Waals surface area contributed by atoms with E-state index in [2.05, 4.69) is 33.8 Å². The first-order valence-electron chi connectivity index (χ1n) is 23.1. The first-order chi connectivity index (χ1) is 32.2. The fraction of sp³-hybridized carbons (Fsp3) is 0.193. The second-order valence-corrected chi connectivity index (χ2v) is 16.9. The fourth-order valence-electron chi connectivity index (χ4n) is 8.14. The SMILES string of the molecule is [2H]C(C)(C)c1cccc(C([2H])(C)C)c1-n1c(-c2[c-]cccc2)nc2ccccc21.[2H]C([2H])(c1ccc(-c2ccnc(-c3[c-]ccc4c3oc3c5ccccc5ccc43)c2)cc1)C(C)(C)C(F)(F)F.[Ir]. The summed E-state index contributed by atoms with van der Waals surface area (Å²) in [7, 11) is 0. The molecule has 0 fully saturated rings. The van der Waals surface area contributed by atoms with Crippen LogP contribution in [0.2, 0.25) is 0 Å². The van der Waals surface area contributed by atoms with E-state index in [4.69, 9.17) is 14.9 Å². The molecule has 4 nitrogen and oxygen atoms in total. The van der Waals surface area contributed by atoms with Gasteiger partial charge in [-0.25, -0.2) is 0 Å². The molecule has 0 unspecified atom stereocenters. The van der Waals surface area contributed by atoms with Gasteiger partial charge >= 0.3 is 6.18 Å². The molecule has 3 aromatic heterocycles. The van der Waals surface area contributed by atoms with E-state index in [1.54, 1.807) is 24.4 Å². The third kappa shape index (κ3) is 8.78. The van der Waals surface area contributed by atoms with Gasteiger partial charge in [0.15, 0.2) is 0 Å². The second kappa shape index (κ2) is 18.3. The Morgan fingerprint density at radius 2 is 1.38 bits per heavy atom. The number of para-hydroxylation sites is 3. The topological polar surface area (TPSA) is 43.9 Å². The molecule has 0 aliphatic heterocycles. The van der Waals surface area contributed by atoms with Gasteiger partial charge in [0.2, 0.25) is 0 Å². The molecule has 0 N–H and O–H groups in total. The maximum absolute atomic E-state index is 13.6. The Balaban J connectivity index is 0.000000191. The first-order valence-corrected chi connectivity index (χ1v) is 21.1. The zero-order valence-corrected chi connectivity index (χ0v) is 39.1. The number of furan rings is 1. The number of hydrogen-bond donors (Lipinski definition) is 0. The van der Waals surface area contributed by atoms with Crippen molar-refractivity contribution in [3.8, 4) is 39.5 Å². The van der Waals surface area contributed by atoms with E-state index in [1.165, 1.54) is 12.1 Å². The van der Waals surface area contributed by atoms with Crippen LogP contribution in [0, 0.1) is 17.5 Å². The summed E-state index contributed by atoms with van der Waals surface area (Å²) in [5.74, 6) is -0.895. The first kappa shape index (κ1) is 40.2. The fourth-order valence-corrected chi connectivity index (χ4v) is 8.14. The predicted octanol–water partition coefficient (Wildman–Crippen LogP) is 16.1. The van der Waals surface area contributed by atoms with Crippen molar-refractivity contribution in [1.29, 1.82) is 0 Å². The Kier molecular flexibility index (Phi) is 11.3. The largest absolute Gasteiger partial charge is 0.500 e. The van der Waals surface area contributed by atoms with Crippen LogP contribution in [0.5, 0.6) is 0 Å². The van der Waals surface area contributed by atoms with Crippen molar-refractivity contribution in [3.63, 3.8) is 0 Å². The number of aromatic nitrogens is 3. The second-order valence-electron chi connectivity index (χ2n) is 16.9. The van der Waals surface area contributed by atoms with Gasteiger partial charge in [-0.2, -0.15) is 13.2 Å². The van der Waals surface area contributed by atoms with Crippen LogP contribution < -0.4 is 0 Å². The number of fused-ring (bicyclic) bond motifs is 6. The van der Waals surface area contributed by atoms with Gasteiger partial charge in [-0.05, 0) is 75.3 Å². The number of pyridine rings is 1. The number of imidazole rings is 1. The summed E-state index contributed by atoms with van der Waals surface area (Å²) in [6.45, 7) is 9.32. The number of rotatable bonds is 8. The van der Waals surface area contributed by atoms with Gasteiger partial charge in [0.1, 0.15) is 5.58 Å². The molecule has 3 heterocycles. The van der Waals surface area contributed by atoms with Crippen molar-refractivity contribution >= 4 is 43.7 Å². The normalized spacial score (nSPS) is 13.4. The summed E-state index contributed by atoms with van der Waals surface area (Å²) in [5.41, 5.74) is 7.07. The molecule has 0 amide bonds. The zero-order chi connectivity index (χ0) is 48.4. The van der Waals surface area contributed by atoms with Crippen LogP contribution in [0.1, 0.15) is 75.5 Å². The number of alkyl halides is 3. The summed E-state index contributed by atoms with van der Waals surface area (Å²) in [6.07, 6.45) is -5.64. The summed E-state index contributed by atoms with van der Waals surface area (Å²) in [5, 5.41) is 4.06. The number of nitrogens with zero attached hydrogens (tertiary/aromatic N) is 3. The summed E-state index contributed by atoms with van der Waals surface area (Å²) in [4.78, 5) is 9.47. The molecule has 0 atom stereocenters. The summed E-state index contributed by atoms with van der Waals surface area (Å²) >= 11 is 0. The van der Waals surface area contributed by atoms with Crippen molar-refractivity contribution in [1.82, 2.24) is 14.5 Å². The number of benzene rings is 7. The van der Waals surface area contributed by atoms with Crippen molar-refractivity contribution < 1.29 is 43.2 Å². The third-order valence-corrected chi connectivity index (χ3v) is 11.6. The van der Waals surface area contributed by atoms with Gasteiger partial charge < -0.3 is 14.0 Å². The van der Waals surface area contributed by atoms with E-state index in [1.807, 2.05) is 137 Å². The van der Waals surface area contributed by atoms with Crippen LogP contribution in [-0.2, 0) is 26.5 Å². The molecule has 10 aromatic rings. The summed E-state index contributed by atoms with van der Waals surface area (Å²) in [6, 6.07) is 54.1.